The molecule has 0 saturated carbocycles. The second-order valence-corrected chi connectivity index (χ2v) is 4.85. The molecule has 0 aliphatic rings. The molecule has 6 heteroatoms. The average Bonchev–Trinajstić information content (AvgIpc) is 2.76. The summed E-state index contributed by atoms with van der Waals surface area (Å²) in [6, 6.07) is 0.475. The first kappa shape index (κ1) is 14.9. The van der Waals surface area contributed by atoms with Gasteiger partial charge in [0.05, 0.1) is 0 Å². The fourth-order valence-corrected chi connectivity index (χ4v) is 1.66. The van der Waals surface area contributed by atoms with Crippen molar-refractivity contribution in [3.05, 3.63) is 23.5 Å². The number of aromatic amines is 1. The highest BCUT2D eigenvalue weighted by molar-refractivity contribution is 6.00. The molecule has 0 spiro atoms. The minimum absolute atomic E-state index is 0.151. The van der Waals surface area contributed by atoms with Crippen molar-refractivity contribution >= 4 is 17.7 Å². The van der Waals surface area contributed by atoms with E-state index in [1.807, 2.05) is 13.8 Å². The lowest BCUT2D eigenvalue weighted by Gasteiger charge is -2.15. The number of rotatable bonds is 6. The van der Waals surface area contributed by atoms with Crippen LogP contribution in [0.25, 0.3) is 0 Å². The van der Waals surface area contributed by atoms with E-state index in [2.05, 4.69) is 10.3 Å². The van der Waals surface area contributed by atoms with Gasteiger partial charge in [0.2, 0.25) is 0 Å². The van der Waals surface area contributed by atoms with Crippen LogP contribution in [-0.4, -0.2) is 33.8 Å². The Morgan fingerprint density at radius 3 is 2.42 bits per heavy atom. The highest BCUT2D eigenvalue weighted by atomic mass is 16.4. The number of aliphatic carboxylic acids is 1. The zero-order chi connectivity index (χ0) is 14.6. The summed E-state index contributed by atoms with van der Waals surface area (Å²) < 4.78 is 0. The molecule has 104 valence electrons. The van der Waals surface area contributed by atoms with Crippen molar-refractivity contribution in [3.8, 4) is 0 Å². The Kier molecular flexibility index (Phi) is 4.86. The van der Waals surface area contributed by atoms with E-state index in [0.717, 1.165) is 0 Å². The van der Waals surface area contributed by atoms with Crippen molar-refractivity contribution < 1.29 is 19.5 Å². The zero-order valence-electron chi connectivity index (χ0n) is 11.2. The number of nitrogens with one attached hydrogen (secondary N) is 2. The molecular weight excluding hydrogens is 248 g/mol. The minimum Gasteiger partial charge on any atom is -0.480 e. The molecule has 1 amide bonds. The van der Waals surface area contributed by atoms with Gasteiger partial charge >= 0.3 is 5.97 Å². The monoisotopic (exact) mass is 266 g/mol. The van der Waals surface area contributed by atoms with Gasteiger partial charge < -0.3 is 15.4 Å². The highest BCUT2D eigenvalue weighted by Gasteiger charge is 2.22. The molecule has 0 saturated heterocycles. The molecule has 1 aromatic rings. The predicted molar refractivity (Wildman–Crippen MR) is 69.1 cm³/mol. The molecule has 0 aromatic carbocycles. The molecule has 0 aliphatic carbocycles. The normalized spacial score (nSPS) is 12.2. The molecule has 1 aromatic heterocycles. The summed E-state index contributed by atoms with van der Waals surface area (Å²) in [5.41, 5.74) is 0.570. The Balaban J connectivity index is 2.75. The first-order chi connectivity index (χ1) is 8.81. The predicted octanol–water partition coefficient (Wildman–Crippen LogP) is 1.45. The SMILES string of the molecule is CC(=O)c1c[nH]c(C(=O)NC(CC(C)C)C(=O)O)c1. The molecule has 0 fully saturated rings. The van der Waals surface area contributed by atoms with Gasteiger partial charge in [-0.3, -0.25) is 9.59 Å². The van der Waals surface area contributed by atoms with Gasteiger partial charge in [0.25, 0.3) is 5.91 Å². The van der Waals surface area contributed by atoms with Gasteiger partial charge in [-0.1, -0.05) is 13.8 Å². The molecule has 1 atom stereocenters. The summed E-state index contributed by atoms with van der Waals surface area (Å²) >= 11 is 0. The van der Waals surface area contributed by atoms with Crippen LogP contribution >= 0.6 is 0 Å². The number of carboxylic acid groups (broad SMARTS) is 1. The van der Waals surface area contributed by atoms with Gasteiger partial charge in [0, 0.05) is 11.8 Å². The fourth-order valence-electron chi connectivity index (χ4n) is 1.66. The van der Waals surface area contributed by atoms with E-state index < -0.39 is 17.9 Å². The van der Waals surface area contributed by atoms with E-state index in [1.54, 1.807) is 0 Å². The average molecular weight is 266 g/mol. The lowest BCUT2D eigenvalue weighted by atomic mass is 10.0. The number of hydrogen-bond donors (Lipinski definition) is 3. The van der Waals surface area contributed by atoms with Crippen molar-refractivity contribution in [3.63, 3.8) is 0 Å². The van der Waals surface area contributed by atoms with Crippen LogP contribution in [0.2, 0.25) is 0 Å². The van der Waals surface area contributed by atoms with Gasteiger partial charge in [0.15, 0.2) is 5.78 Å². The third kappa shape index (κ3) is 4.24. The molecule has 19 heavy (non-hydrogen) atoms. The summed E-state index contributed by atoms with van der Waals surface area (Å²) in [4.78, 5) is 36.7. The van der Waals surface area contributed by atoms with E-state index >= 15 is 0 Å². The Bertz CT molecular complexity index is 491. The number of carbonyl (C=O) groups is 3. The Hall–Kier alpha value is -2.11. The molecule has 3 N–H and O–H groups in total. The maximum Gasteiger partial charge on any atom is 0.326 e. The Morgan fingerprint density at radius 1 is 1.37 bits per heavy atom. The third-order valence-electron chi connectivity index (χ3n) is 2.64. The van der Waals surface area contributed by atoms with Crippen molar-refractivity contribution in [2.24, 2.45) is 5.92 Å². The molecule has 1 rings (SSSR count). The number of aromatic nitrogens is 1. The van der Waals surface area contributed by atoms with Crippen molar-refractivity contribution in [2.45, 2.75) is 33.2 Å². The summed E-state index contributed by atoms with van der Waals surface area (Å²) in [5.74, 6) is -1.61. The standard InChI is InChI=1S/C13H18N2O4/c1-7(2)4-11(13(18)19)15-12(17)10-5-9(6-14-10)8(3)16/h5-7,11,14H,4H2,1-3H3,(H,15,17)(H,18,19). The lowest BCUT2D eigenvalue weighted by Crippen LogP contribution is -2.41. The van der Waals surface area contributed by atoms with Crippen LogP contribution in [0.15, 0.2) is 12.3 Å². The first-order valence-corrected chi connectivity index (χ1v) is 6.04. The maximum absolute atomic E-state index is 11.9. The molecule has 6 nitrogen and oxygen atoms in total. The molecule has 0 bridgehead atoms. The molecule has 1 heterocycles. The minimum atomic E-state index is -1.07. The Morgan fingerprint density at radius 2 is 2.00 bits per heavy atom. The van der Waals surface area contributed by atoms with E-state index in [1.165, 1.54) is 19.2 Å². The van der Waals surface area contributed by atoms with Gasteiger partial charge in [-0.15, -0.1) is 0 Å². The van der Waals surface area contributed by atoms with Crippen LogP contribution in [0.4, 0.5) is 0 Å². The first-order valence-electron chi connectivity index (χ1n) is 6.04. The number of hydrogen-bond acceptors (Lipinski definition) is 3. The largest absolute Gasteiger partial charge is 0.480 e. The number of amides is 1. The van der Waals surface area contributed by atoms with E-state index in [0.29, 0.717) is 12.0 Å². The maximum atomic E-state index is 11.9. The number of carbonyl (C=O) groups excluding carboxylic acids is 2. The smallest absolute Gasteiger partial charge is 0.326 e. The van der Waals surface area contributed by atoms with Crippen LogP contribution in [-0.2, 0) is 4.79 Å². The molecule has 0 aliphatic heterocycles. The van der Waals surface area contributed by atoms with Gasteiger partial charge in [-0.05, 0) is 25.3 Å². The second-order valence-electron chi connectivity index (χ2n) is 4.85. The number of Topliss-reactive ketones (excluding diaryl/α,β-unsaturated/α-hetero) is 1. The van der Waals surface area contributed by atoms with Crippen molar-refractivity contribution in [1.29, 1.82) is 0 Å². The molecular formula is C13H18N2O4. The number of H-pyrrole nitrogens is 1. The Labute approximate surface area is 111 Å². The highest BCUT2D eigenvalue weighted by Crippen LogP contribution is 2.08. The summed E-state index contributed by atoms with van der Waals surface area (Å²) in [6.07, 6.45) is 1.77. The molecule has 1 unspecified atom stereocenters. The van der Waals surface area contributed by atoms with Crippen LogP contribution < -0.4 is 5.32 Å². The van der Waals surface area contributed by atoms with Gasteiger partial charge in [-0.2, -0.15) is 0 Å². The van der Waals surface area contributed by atoms with Crippen LogP contribution in [0.3, 0.4) is 0 Å². The quantitative estimate of drug-likeness (QED) is 0.678. The van der Waals surface area contributed by atoms with Crippen LogP contribution in [0.1, 0.15) is 48.0 Å². The topological polar surface area (TPSA) is 99.3 Å². The summed E-state index contributed by atoms with van der Waals surface area (Å²) in [5, 5.41) is 11.5. The van der Waals surface area contributed by atoms with E-state index in [4.69, 9.17) is 5.11 Å². The summed E-state index contributed by atoms with van der Waals surface area (Å²) in [7, 11) is 0. The van der Waals surface area contributed by atoms with Crippen molar-refractivity contribution in [2.75, 3.05) is 0 Å². The van der Waals surface area contributed by atoms with Crippen LogP contribution in [0, 0.1) is 5.92 Å². The fraction of sp³-hybridized carbons (Fsp3) is 0.462. The third-order valence-corrected chi connectivity index (χ3v) is 2.64. The number of ketones is 1. The van der Waals surface area contributed by atoms with E-state index in [9.17, 15) is 14.4 Å². The second kappa shape index (κ2) is 6.17. The summed E-state index contributed by atoms with van der Waals surface area (Å²) in [6.45, 7) is 5.15. The zero-order valence-corrected chi connectivity index (χ0v) is 11.2. The van der Waals surface area contributed by atoms with Gasteiger partial charge in [0.1, 0.15) is 11.7 Å². The molecule has 0 radical (unpaired) electrons. The number of carboxylic acids is 1. The van der Waals surface area contributed by atoms with Crippen LogP contribution in [0.5, 0.6) is 0 Å². The lowest BCUT2D eigenvalue weighted by molar-refractivity contribution is -0.139. The van der Waals surface area contributed by atoms with E-state index in [-0.39, 0.29) is 17.4 Å². The van der Waals surface area contributed by atoms with Gasteiger partial charge in [-0.25, -0.2) is 4.79 Å². The van der Waals surface area contributed by atoms with Crippen molar-refractivity contribution in [1.82, 2.24) is 10.3 Å².